The van der Waals surface area contributed by atoms with Gasteiger partial charge in [0.25, 0.3) is 5.91 Å². The Morgan fingerprint density at radius 2 is 2.21 bits per heavy atom. The van der Waals surface area contributed by atoms with Gasteiger partial charge in [-0.1, -0.05) is 0 Å². The van der Waals surface area contributed by atoms with Crippen molar-refractivity contribution in [2.75, 3.05) is 26.4 Å². The van der Waals surface area contributed by atoms with Crippen LogP contribution in [0.25, 0.3) is 0 Å². The van der Waals surface area contributed by atoms with E-state index in [1.807, 2.05) is 26.8 Å². The van der Waals surface area contributed by atoms with Crippen LogP contribution in [-0.2, 0) is 4.74 Å². The third-order valence-corrected chi connectivity index (χ3v) is 4.79. The average Bonchev–Trinajstić information content (AvgIpc) is 2.68. The molecule has 0 spiro atoms. The number of hydrogen-bond donors (Lipinski definition) is 1. The number of hydrogen-bond acceptors (Lipinski definition) is 4. The van der Waals surface area contributed by atoms with E-state index in [0.29, 0.717) is 19.8 Å². The Morgan fingerprint density at radius 1 is 1.53 bits per heavy atom. The zero-order valence-corrected chi connectivity index (χ0v) is 13.9. The summed E-state index contributed by atoms with van der Waals surface area (Å²) < 4.78 is 6.23. The molecule has 0 aromatic carbocycles. The molecule has 0 aliphatic rings. The first kappa shape index (κ1) is 16.6. The van der Waals surface area contributed by atoms with Crippen LogP contribution in [0, 0.1) is 6.92 Å². The summed E-state index contributed by atoms with van der Waals surface area (Å²) in [5.74, 6) is 0.0291. The molecule has 1 amide bonds. The van der Waals surface area contributed by atoms with Crippen molar-refractivity contribution >= 4 is 33.2 Å². The number of halogens is 1. The Hall–Kier alpha value is -0.430. The first-order valence-electron chi connectivity index (χ1n) is 6.23. The number of aliphatic hydroxyl groups excluding tert-OH is 1. The highest BCUT2D eigenvalue weighted by Crippen LogP contribution is 2.28. The second-order valence-electron chi connectivity index (χ2n) is 4.50. The smallest absolute Gasteiger partial charge is 0.264 e. The first-order valence-corrected chi connectivity index (χ1v) is 7.83. The van der Waals surface area contributed by atoms with Gasteiger partial charge in [0.1, 0.15) is 0 Å². The highest BCUT2D eigenvalue weighted by Gasteiger charge is 2.20. The normalized spacial score (nSPS) is 11.1. The Labute approximate surface area is 126 Å². The molecular weight excluding hydrogens is 330 g/mol. The Bertz CT molecular complexity index is 401. The Balaban J connectivity index is 2.67. The first-order chi connectivity index (χ1) is 8.97. The van der Waals surface area contributed by atoms with E-state index < -0.39 is 0 Å². The lowest BCUT2D eigenvalue weighted by Crippen LogP contribution is -2.39. The number of aryl methyl sites for hydroxylation is 1. The van der Waals surface area contributed by atoms with Crippen LogP contribution < -0.4 is 0 Å². The standard InChI is InChI=1S/C13H20BrNO3S/c1-9(2)15(4-6-18-7-5-16)13(17)11-8-10(3)12(14)19-11/h8-9,16H,4-7H2,1-3H3. The molecular formula is C13H20BrNO3S. The molecule has 4 nitrogen and oxygen atoms in total. The van der Waals surface area contributed by atoms with Gasteiger partial charge in [0.05, 0.1) is 28.5 Å². The minimum Gasteiger partial charge on any atom is -0.394 e. The van der Waals surface area contributed by atoms with Crippen LogP contribution in [0.1, 0.15) is 29.1 Å². The lowest BCUT2D eigenvalue weighted by Gasteiger charge is -2.26. The van der Waals surface area contributed by atoms with Crippen molar-refractivity contribution in [3.8, 4) is 0 Å². The summed E-state index contributed by atoms with van der Waals surface area (Å²) in [6.45, 7) is 7.23. The van der Waals surface area contributed by atoms with Crippen molar-refractivity contribution < 1.29 is 14.6 Å². The molecule has 0 unspecified atom stereocenters. The predicted octanol–water partition coefficient (Wildman–Crippen LogP) is 2.68. The number of thiophene rings is 1. The maximum atomic E-state index is 12.4. The second-order valence-corrected chi connectivity index (χ2v) is 6.87. The molecule has 19 heavy (non-hydrogen) atoms. The van der Waals surface area contributed by atoms with E-state index in [1.165, 1.54) is 11.3 Å². The molecule has 1 N–H and O–H groups in total. The zero-order chi connectivity index (χ0) is 14.4. The van der Waals surface area contributed by atoms with Crippen LogP contribution in [-0.4, -0.2) is 48.3 Å². The van der Waals surface area contributed by atoms with Crippen molar-refractivity contribution in [2.24, 2.45) is 0 Å². The van der Waals surface area contributed by atoms with Crippen molar-refractivity contribution in [2.45, 2.75) is 26.8 Å². The molecule has 0 fully saturated rings. The third kappa shape index (κ3) is 4.87. The van der Waals surface area contributed by atoms with Gasteiger partial charge in [0.15, 0.2) is 0 Å². The van der Waals surface area contributed by atoms with E-state index >= 15 is 0 Å². The number of nitrogens with zero attached hydrogens (tertiary/aromatic N) is 1. The summed E-state index contributed by atoms with van der Waals surface area (Å²) in [7, 11) is 0. The largest absolute Gasteiger partial charge is 0.394 e. The number of ether oxygens (including phenoxy) is 1. The summed E-state index contributed by atoms with van der Waals surface area (Å²) in [4.78, 5) is 14.9. The lowest BCUT2D eigenvalue weighted by atomic mass is 10.2. The van der Waals surface area contributed by atoms with Gasteiger partial charge < -0.3 is 14.7 Å². The molecule has 1 heterocycles. The SMILES string of the molecule is Cc1cc(C(=O)N(CCOCCO)C(C)C)sc1Br. The number of rotatable bonds is 7. The molecule has 1 rings (SSSR count). The van der Waals surface area contributed by atoms with Gasteiger partial charge in [-0.15, -0.1) is 11.3 Å². The van der Waals surface area contributed by atoms with Gasteiger partial charge in [-0.3, -0.25) is 4.79 Å². The minimum absolute atomic E-state index is 0.00664. The van der Waals surface area contributed by atoms with Crippen LogP contribution in [0.15, 0.2) is 9.85 Å². The topological polar surface area (TPSA) is 49.8 Å². The highest BCUT2D eigenvalue weighted by molar-refractivity contribution is 9.11. The molecule has 0 radical (unpaired) electrons. The second kappa shape index (κ2) is 7.99. The van der Waals surface area contributed by atoms with Crippen LogP contribution in [0.4, 0.5) is 0 Å². The van der Waals surface area contributed by atoms with Crippen LogP contribution in [0.2, 0.25) is 0 Å². The van der Waals surface area contributed by atoms with Crippen LogP contribution in [0.5, 0.6) is 0 Å². The summed E-state index contributed by atoms with van der Waals surface area (Å²) in [6, 6.07) is 2.02. The van der Waals surface area contributed by atoms with Crippen molar-refractivity contribution in [3.05, 3.63) is 20.3 Å². The van der Waals surface area contributed by atoms with Gasteiger partial charge in [0.2, 0.25) is 0 Å². The molecule has 1 aromatic rings. The molecule has 1 aromatic heterocycles. The van der Waals surface area contributed by atoms with E-state index in [-0.39, 0.29) is 18.6 Å². The molecule has 0 bridgehead atoms. The minimum atomic E-state index is 0.00664. The summed E-state index contributed by atoms with van der Waals surface area (Å²) in [6.07, 6.45) is 0. The lowest BCUT2D eigenvalue weighted by molar-refractivity contribution is 0.0510. The third-order valence-electron chi connectivity index (χ3n) is 2.66. The maximum absolute atomic E-state index is 12.4. The molecule has 0 atom stereocenters. The van der Waals surface area contributed by atoms with Gasteiger partial charge in [-0.25, -0.2) is 0 Å². The average molecular weight is 350 g/mol. The fourth-order valence-corrected chi connectivity index (χ4v) is 3.12. The van der Waals surface area contributed by atoms with Gasteiger partial charge >= 0.3 is 0 Å². The van der Waals surface area contributed by atoms with E-state index in [4.69, 9.17) is 9.84 Å². The van der Waals surface area contributed by atoms with Gasteiger partial charge in [-0.2, -0.15) is 0 Å². The summed E-state index contributed by atoms with van der Waals surface area (Å²) >= 11 is 4.90. The van der Waals surface area contributed by atoms with Crippen molar-refractivity contribution in [1.29, 1.82) is 0 Å². The molecule has 0 saturated carbocycles. The van der Waals surface area contributed by atoms with E-state index in [9.17, 15) is 4.79 Å². The quantitative estimate of drug-likeness (QED) is 0.770. The Morgan fingerprint density at radius 3 is 2.68 bits per heavy atom. The maximum Gasteiger partial charge on any atom is 0.264 e. The Kier molecular flexibility index (Phi) is 6.99. The molecule has 0 saturated heterocycles. The molecule has 108 valence electrons. The van der Waals surface area contributed by atoms with Crippen molar-refractivity contribution in [3.63, 3.8) is 0 Å². The summed E-state index contributed by atoms with van der Waals surface area (Å²) in [5.41, 5.74) is 1.08. The zero-order valence-electron chi connectivity index (χ0n) is 11.5. The molecule has 6 heteroatoms. The molecule has 0 aliphatic carbocycles. The number of aliphatic hydroxyl groups is 1. The van der Waals surface area contributed by atoms with Gasteiger partial charge in [0, 0.05) is 12.6 Å². The number of amides is 1. The number of carbonyl (C=O) groups excluding carboxylic acids is 1. The van der Waals surface area contributed by atoms with Gasteiger partial charge in [-0.05, 0) is 48.3 Å². The monoisotopic (exact) mass is 349 g/mol. The fourth-order valence-electron chi connectivity index (χ4n) is 1.63. The summed E-state index contributed by atoms with van der Waals surface area (Å²) in [5, 5.41) is 8.65. The van der Waals surface area contributed by atoms with Crippen LogP contribution in [0.3, 0.4) is 0 Å². The number of carbonyl (C=O) groups is 1. The van der Waals surface area contributed by atoms with Crippen LogP contribution >= 0.6 is 27.3 Å². The predicted molar refractivity (Wildman–Crippen MR) is 80.8 cm³/mol. The molecule has 0 aliphatic heterocycles. The van der Waals surface area contributed by atoms with E-state index in [1.54, 1.807) is 4.90 Å². The van der Waals surface area contributed by atoms with Crippen molar-refractivity contribution in [1.82, 2.24) is 4.90 Å². The van der Waals surface area contributed by atoms with E-state index in [0.717, 1.165) is 14.2 Å². The highest BCUT2D eigenvalue weighted by atomic mass is 79.9. The van der Waals surface area contributed by atoms with E-state index in [2.05, 4.69) is 15.9 Å². The fraction of sp³-hybridized carbons (Fsp3) is 0.615.